The van der Waals surface area contributed by atoms with Crippen molar-refractivity contribution in [2.24, 2.45) is 0 Å². The second kappa shape index (κ2) is 10.4. The van der Waals surface area contributed by atoms with Gasteiger partial charge in [0.1, 0.15) is 11.2 Å². The van der Waals surface area contributed by atoms with Crippen LogP contribution in [0.15, 0.2) is 174 Å². The number of hydrogen-bond acceptors (Lipinski definition) is 1. The van der Waals surface area contributed by atoms with Crippen LogP contribution in [-0.4, -0.2) is 0 Å². The Bertz CT molecular complexity index is 2730. The molecular formula is C44H28O. The van der Waals surface area contributed by atoms with Crippen molar-refractivity contribution in [1.29, 1.82) is 0 Å². The highest BCUT2D eigenvalue weighted by molar-refractivity contribution is 6.26. The van der Waals surface area contributed by atoms with Crippen molar-refractivity contribution < 1.29 is 11.3 Å². The lowest BCUT2D eigenvalue weighted by molar-refractivity contribution is 0.669. The predicted molar refractivity (Wildman–Crippen MR) is 190 cm³/mol. The van der Waals surface area contributed by atoms with Crippen LogP contribution in [0.4, 0.5) is 0 Å². The minimum atomic E-state index is -0.404. The average molecular weight is 578 g/mol. The topological polar surface area (TPSA) is 13.1 Å². The fraction of sp³-hybridized carbons (Fsp3) is 0. The molecule has 45 heavy (non-hydrogen) atoms. The molecular weight excluding hydrogens is 544 g/mol. The van der Waals surface area contributed by atoms with Crippen LogP contribution in [0, 0.1) is 0 Å². The van der Waals surface area contributed by atoms with E-state index in [0.29, 0.717) is 5.56 Å². The van der Waals surface area contributed by atoms with Gasteiger partial charge in [0, 0.05) is 10.8 Å². The highest BCUT2D eigenvalue weighted by Gasteiger charge is 2.21. The van der Waals surface area contributed by atoms with Gasteiger partial charge in [-0.05, 0) is 84.3 Å². The van der Waals surface area contributed by atoms with Crippen LogP contribution < -0.4 is 0 Å². The van der Waals surface area contributed by atoms with Gasteiger partial charge in [0.25, 0.3) is 0 Å². The van der Waals surface area contributed by atoms with Crippen molar-refractivity contribution in [1.82, 2.24) is 0 Å². The molecule has 0 bridgehead atoms. The van der Waals surface area contributed by atoms with Gasteiger partial charge in [-0.25, -0.2) is 0 Å². The number of fused-ring (bicyclic) bond motifs is 5. The molecule has 9 aromatic rings. The normalized spacial score (nSPS) is 13.1. The Morgan fingerprint density at radius 1 is 0.378 bits per heavy atom. The SMILES string of the molecule is [2H]c1c([2H])c([2H])c(-c2ccccc2-c2c3ccccc3c(-c3cccc4oc5cc(-c6ccccc6)ccc5c34)c3ccccc23)c([2H])c1[2H]. The molecule has 1 heterocycles. The first-order valence-electron chi connectivity index (χ1n) is 17.5. The first-order valence-corrected chi connectivity index (χ1v) is 15.0. The van der Waals surface area contributed by atoms with E-state index >= 15 is 0 Å². The van der Waals surface area contributed by atoms with Crippen molar-refractivity contribution in [3.05, 3.63) is 170 Å². The predicted octanol–water partition coefficient (Wildman–Crippen LogP) is 12.6. The lowest BCUT2D eigenvalue weighted by atomic mass is 9.83. The summed E-state index contributed by atoms with van der Waals surface area (Å²) in [5.74, 6) is 0. The van der Waals surface area contributed by atoms with E-state index in [-0.39, 0.29) is 29.7 Å². The van der Waals surface area contributed by atoms with Gasteiger partial charge in [-0.3, -0.25) is 0 Å². The van der Waals surface area contributed by atoms with Gasteiger partial charge in [-0.1, -0.05) is 152 Å². The largest absolute Gasteiger partial charge is 0.456 e. The lowest BCUT2D eigenvalue weighted by Crippen LogP contribution is -1.93. The van der Waals surface area contributed by atoms with E-state index < -0.39 is 6.04 Å². The summed E-state index contributed by atoms with van der Waals surface area (Å²) in [7, 11) is 0. The molecule has 1 heteroatoms. The maximum Gasteiger partial charge on any atom is 0.136 e. The number of hydrogen-bond donors (Lipinski definition) is 0. The zero-order valence-corrected chi connectivity index (χ0v) is 24.2. The minimum Gasteiger partial charge on any atom is -0.456 e. The first-order chi connectivity index (χ1) is 24.4. The summed E-state index contributed by atoms with van der Waals surface area (Å²) in [6, 6.07) is 45.7. The van der Waals surface area contributed by atoms with Crippen molar-refractivity contribution in [3.8, 4) is 44.5 Å². The van der Waals surface area contributed by atoms with Gasteiger partial charge in [0.2, 0.25) is 0 Å². The molecule has 0 saturated heterocycles. The smallest absolute Gasteiger partial charge is 0.136 e. The van der Waals surface area contributed by atoms with Crippen LogP contribution >= 0.6 is 0 Å². The molecule has 0 fully saturated rings. The zero-order chi connectivity index (χ0) is 34.1. The third-order valence-corrected chi connectivity index (χ3v) is 8.77. The van der Waals surface area contributed by atoms with E-state index in [1.807, 2.05) is 78.9 Å². The molecule has 0 saturated carbocycles. The van der Waals surface area contributed by atoms with E-state index in [2.05, 4.69) is 60.7 Å². The van der Waals surface area contributed by atoms with Crippen molar-refractivity contribution in [2.75, 3.05) is 0 Å². The molecule has 0 amide bonds. The Kier molecular flexibility index (Phi) is 4.81. The van der Waals surface area contributed by atoms with Gasteiger partial charge in [0.15, 0.2) is 0 Å². The minimum absolute atomic E-state index is 0.188. The molecule has 0 aliphatic heterocycles. The van der Waals surface area contributed by atoms with Crippen LogP contribution in [0.1, 0.15) is 6.85 Å². The lowest BCUT2D eigenvalue weighted by Gasteiger charge is -2.20. The molecule has 1 aromatic heterocycles. The fourth-order valence-corrected chi connectivity index (χ4v) is 6.86. The quantitative estimate of drug-likeness (QED) is 0.190. The molecule has 1 nitrogen and oxygen atoms in total. The second-order valence-corrected chi connectivity index (χ2v) is 11.2. The van der Waals surface area contributed by atoms with Crippen LogP contribution in [0.25, 0.3) is 88.0 Å². The molecule has 0 unspecified atom stereocenters. The van der Waals surface area contributed by atoms with Crippen LogP contribution in [0.5, 0.6) is 0 Å². The summed E-state index contributed by atoms with van der Waals surface area (Å²) in [5, 5.41) is 6.16. The van der Waals surface area contributed by atoms with Crippen molar-refractivity contribution in [2.45, 2.75) is 0 Å². The summed E-state index contributed by atoms with van der Waals surface area (Å²) in [6.45, 7) is 0. The highest BCUT2D eigenvalue weighted by Crippen LogP contribution is 2.48. The highest BCUT2D eigenvalue weighted by atomic mass is 16.3. The Morgan fingerprint density at radius 2 is 0.956 bits per heavy atom. The van der Waals surface area contributed by atoms with Gasteiger partial charge in [0.05, 0.1) is 6.85 Å². The average Bonchev–Trinajstić information content (AvgIpc) is 3.54. The molecule has 0 spiro atoms. The molecule has 8 aromatic carbocycles. The zero-order valence-electron chi connectivity index (χ0n) is 29.2. The third kappa shape index (κ3) is 4.09. The summed E-state index contributed by atoms with van der Waals surface area (Å²) >= 11 is 0. The summed E-state index contributed by atoms with van der Waals surface area (Å²) < 4.78 is 49.1. The van der Waals surface area contributed by atoms with Gasteiger partial charge in [-0.2, -0.15) is 0 Å². The molecule has 9 rings (SSSR count). The van der Waals surface area contributed by atoms with Crippen LogP contribution in [-0.2, 0) is 0 Å². The van der Waals surface area contributed by atoms with Crippen LogP contribution in [0.3, 0.4) is 0 Å². The van der Waals surface area contributed by atoms with E-state index in [4.69, 9.17) is 11.3 Å². The Hall–Kier alpha value is -5.92. The summed E-state index contributed by atoms with van der Waals surface area (Å²) in [4.78, 5) is 0. The van der Waals surface area contributed by atoms with Crippen LogP contribution in [0.2, 0.25) is 0 Å². The number of furan rings is 1. The molecule has 210 valence electrons. The molecule has 0 aliphatic carbocycles. The Balaban J connectivity index is 1.36. The Morgan fingerprint density at radius 3 is 1.64 bits per heavy atom. The van der Waals surface area contributed by atoms with E-state index in [1.165, 1.54) is 0 Å². The summed E-state index contributed by atoms with van der Waals surface area (Å²) in [6.07, 6.45) is 0. The summed E-state index contributed by atoms with van der Waals surface area (Å²) in [5.41, 5.74) is 8.52. The molecule has 0 radical (unpaired) electrons. The van der Waals surface area contributed by atoms with Gasteiger partial charge in [-0.15, -0.1) is 0 Å². The number of benzene rings is 8. The van der Waals surface area contributed by atoms with Crippen molar-refractivity contribution >= 4 is 43.5 Å². The van der Waals surface area contributed by atoms with E-state index in [0.717, 1.165) is 76.9 Å². The van der Waals surface area contributed by atoms with E-state index in [9.17, 15) is 0 Å². The van der Waals surface area contributed by atoms with Gasteiger partial charge >= 0.3 is 0 Å². The van der Waals surface area contributed by atoms with Gasteiger partial charge < -0.3 is 4.42 Å². The fourth-order valence-electron chi connectivity index (χ4n) is 6.86. The second-order valence-electron chi connectivity index (χ2n) is 11.2. The molecule has 0 aliphatic rings. The monoisotopic (exact) mass is 577 g/mol. The maximum atomic E-state index is 8.81. The Labute approximate surface area is 268 Å². The van der Waals surface area contributed by atoms with Crippen molar-refractivity contribution in [3.63, 3.8) is 0 Å². The van der Waals surface area contributed by atoms with E-state index in [1.54, 1.807) is 0 Å². The molecule has 0 atom stereocenters. The maximum absolute atomic E-state index is 8.81. The number of rotatable bonds is 4. The third-order valence-electron chi connectivity index (χ3n) is 8.77. The molecule has 0 N–H and O–H groups in total. The standard InChI is InChI=1S/C44H28O/c1-3-14-29(15-4-1)31-26-27-38-41(28-31)45-40-25-13-24-39(44(38)40)43-36-22-11-9-20-34(36)42(35-21-10-12-23-37(35)43)33-19-8-7-18-32(33)30-16-5-2-6-17-30/h1-28H/i2D,5D,6D,16D,17D. The first kappa shape index (κ1) is 20.9.